The van der Waals surface area contributed by atoms with E-state index >= 15 is 0 Å². The lowest BCUT2D eigenvalue weighted by molar-refractivity contribution is -0.654. The molecule has 0 aliphatic heterocycles. The second-order valence-corrected chi connectivity index (χ2v) is 7.61. The van der Waals surface area contributed by atoms with E-state index in [9.17, 15) is 15.3 Å². The van der Waals surface area contributed by atoms with Crippen molar-refractivity contribution in [3.8, 4) is 5.69 Å². The molecule has 1 aliphatic carbocycles. The predicted molar refractivity (Wildman–Crippen MR) is 110 cm³/mol. The Kier molecular flexibility index (Phi) is 7.06. The number of nitrogens with zero attached hydrogens (tertiary/aromatic N) is 4. The van der Waals surface area contributed by atoms with Gasteiger partial charge < -0.3 is 38.4 Å². The number of aliphatic hydroxyl groups is 3. The van der Waals surface area contributed by atoms with Crippen LogP contribution in [-0.2, 0) is 0 Å². The number of anilines is 3. The lowest BCUT2D eigenvalue weighted by Crippen LogP contribution is -3.00. The van der Waals surface area contributed by atoms with E-state index in [4.69, 9.17) is 0 Å². The minimum Gasteiger partial charge on any atom is -1.00 e. The van der Waals surface area contributed by atoms with E-state index in [1.165, 1.54) is 0 Å². The minimum absolute atomic E-state index is 0. The number of hydrogen-bond donors (Lipinski definition) is 6. The van der Waals surface area contributed by atoms with E-state index in [1.54, 1.807) is 17.1 Å². The molecule has 31 heavy (non-hydrogen) atoms. The number of halogens is 1. The average molecular weight is 448 g/mol. The molecule has 4 rings (SSSR count). The van der Waals surface area contributed by atoms with Crippen LogP contribution in [-0.4, -0.2) is 60.2 Å². The van der Waals surface area contributed by atoms with Gasteiger partial charge in [0.25, 0.3) is 5.69 Å². The molecule has 4 atom stereocenters. The zero-order valence-corrected chi connectivity index (χ0v) is 18.0. The Bertz CT molecular complexity index is 998. The van der Waals surface area contributed by atoms with Gasteiger partial charge in [0.2, 0.25) is 18.0 Å². The highest BCUT2D eigenvalue weighted by molar-refractivity contribution is 5.59. The van der Waals surface area contributed by atoms with E-state index in [2.05, 4.69) is 30.7 Å². The van der Waals surface area contributed by atoms with Crippen molar-refractivity contribution >= 4 is 17.5 Å². The molecule has 0 bridgehead atoms. The lowest BCUT2D eigenvalue weighted by Gasteiger charge is -2.19. The molecule has 11 heteroatoms. The number of rotatable bonds is 6. The molecule has 1 saturated carbocycles. The fraction of sp³-hybridized carbons (Fsp3) is 0.400. The quantitative estimate of drug-likeness (QED) is 0.225. The first-order valence-electron chi connectivity index (χ1n) is 9.83. The van der Waals surface area contributed by atoms with Crippen molar-refractivity contribution in [1.82, 2.24) is 20.1 Å². The topological polar surface area (TPSA) is 143 Å². The van der Waals surface area contributed by atoms with Crippen LogP contribution in [0.2, 0.25) is 0 Å². The molecule has 1 aliphatic rings. The van der Waals surface area contributed by atoms with Crippen molar-refractivity contribution in [2.45, 2.75) is 38.5 Å². The van der Waals surface area contributed by atoms with Gasteiger partial charge in [-0.2, -0.15) is 10.1 Å². The van der Waals surface area contributed by atoms with Crippen LogP contribution < -0.4 is 27.7 Å². The molecule has 0 radical (unpaired) electrons. The van der Waals surface area contributed by atoms with Gasteiger partial charge in [0.1, 0.15) is 12.3 Å². The summed E-state index contributed by atoms with van der Waals surface area (Å²) in [5, 5.41) is 39.5. The molecule has 0 aromatic carbocycles. The number of H-pyrrole nitrogens is 1. The summed E-state index contributed by atoms with van der Waals surface area (Å²) in [5.41, 5.74) is 3.24. The summed E-state index contributed by atoms with van der Waals surface area (Å²) in [7, 11) is 0. The van der Waals surface area contributed by atoms with Crippen molar-refractivity contribution in [2.75, 3.05) is 17.2 Å². The zero-order valence-electron chi connectivity index (χ0n) is 17.2. The third-order valence-corrected chi connectivity index (χ3v) is 5.27. The van der Waals surface area contributed by atoms with Crippen LogP contribution in [0.15, 0.2) is 36.8 Å². The van der Waals surface area contributed by atoms with Gasteiger partial charge in [0.15, 0.2) is 0 Å². The third kappa shape index (κ3) is 4.93. The highest BCUT2D eigenvalue weighted by atomic mass is 35.5. The third-order valence-electron chi connectivity index (χ3n) is 5.27. The van der Waals surface area contributed by atoms with Gasteiger partial charge in [-0.3, -0.25) is 4.98 Å². The largest absolute Gasteiger partial charge is 1.00 e. The van der Waals surface area contributed by atoms with E-state index < -0.39 is 18.2 Å². The summed E-state index contributed by atoms with van der Waals surface area (Å²) < 4.78 is 1.74. The second kappa shape index (κ2) is 9.56. The molecule has 0 amide bonds. The molecular formula is C20H26ClN7O3. The summed E-state index contributed by atoms with van der Waals surface area (Å²) in [4.78, 5) is 13.4. The van der Waals surface area contributed by atoms with Crippen LogP contribution in [0, 0.1) is 19.8 Å². The molecule has 0 saturated heterocycles. The molecule has 1 fully saturated rings. The fourth-order valence-electron chi connectivity index (χ4n) is 3.82. The molecule has 3 heterocycles. The molecule has 166 valence electrons. The number of aromatic nitrogens is 5. The van der Waals surface area contributed by atoms with Gasteiger partial charge in [0, 0.05) is 35.7 Å². The SMILES string of the molecule is Cc1cc(Nc2ncc(-[n+]3ccc[nH]3)c(N[C@@H]3C[C@H](CO)[C@@H](O)[C@H]3O)n2)cc(C)n1.[Cl-]. The van der Waals surface area contributed by atoms with E-state index in [1.807, 2.05) is 38.2 Å². The number of aryl methyl sites for hydroxylation is 2. The van der Waals surface area contributed by atoms with Crippen LogP contribution in [0.4, 0.5) is 17.5 Å². The van der Waals surface area contributed by atoms with Gasteiger partial charge in [-0.1, -0.05) is 4.68 Å². The molecule has 0 unspecified atom stereocenters. The smallest absolute Gasteiger partial charge is 0.295 e. The lowest BCUT2D eigenvalue weighted by atomic mass is 10.1. The van der Waals surface area contributed by atoms with Gasteiger partial charge in [-0.25, -0.2) is 4.98 Å². The molecule has 3 aromatic heterocycles. The van der Waals surface area contributed by atoms with Crippen molar-refractivity contribution in [3.05, 3.63) is 48.2 Å². The predicted octanol–water partition coefficient (Wildman–Crippen LogP) is -2.64. The Balaban J connectivity index is 0.00000272. The summed E-state index contributed by atoms with van der Waals surface area (Å²) in [6.07, 6.45) is 3.67. The van der Waals surface area contributed by atoms with Crippen molar-refractivity contribution < 1.29 is 32.4 Å². The van der Waals surface area contributed by atoms with Crippen LogP contribution in [0.5, 0.6) is 0 Å². The van der Waals surface area contributed by atoms with Crippen LogP contribution >= 0.6 is 0 Å². The number of aromatic amines is 1. The van der Waals surface area contributed by atoms with E-state index in [0.717, 1.165) is 17.1 Å². The van der Waals surface area contributed by atoms with Crippen LogP contribution in [0.3, 0.4) is 0 Å². The van der Waals surface area contributed by atoms with Gasteiger partial charge in [-0.15, -0.1) is 0 Å². The van der Waals surface area contributed by atoms with Gasteiger partial charge in [0.05, 0.1) is 18.3 Å². The standard InChI is InChI=1S/C20H25N7O3.ClH/c1-11-6-14(7-12(2)23-11)24-20-21-9-16(27-5-3-4-22-27)19(26-20)25-15-8-13(10-28)17(29)18(15)30;/h3-7,9,13,15,17-18,28-30H,8,10H2,1-2H3,(H2,21,23,24,25,26);1H/t13-,15-,17-,18+;/m1./s1. The summed E-state index contributed by atoms with van der Waals surface area (Å²) in [6, 6.07) is 5.19. The highest BCUT2D eigenvalue weighted by Crippen LogP contribution is 2.29. The maximum atomic E-state index is 10.4. The molecule has 10 nitrogen and oxygen atoms in total. The fourth-order valence-corrected chi connectivity index (χ4v) is 3.82. The molecule has 6 N–H and O–H groups in total. The number of aliphatic hydroxyl groups excluding tert-OH is 3. The van der Waals surface area contributed by atoms with Crippen molar-refractivity contribution in [2.24, 2.45) is 5.92 Å². The second-order valence-electron chi connectivity index (χ2n) is 7.61. The average Bonchev–Trinajstić information content (AvgIpc) is 3.32. The van der Waals surface area contributed by atoms with Gasteiger partial charge in [-0.05, 0) is 32.4 Å². The minimum atomic E-state index is -1.01. The Morgan fingerprint density at radius 2 is 1.90 bits per heavy atom. The summed E-state index contributed by atoms with van der Waals surface area (Å²) >= 11 is 0. The summed E-state index contributed by atoms with van der Waals surface area (Å²) in [5.74, 6) is 0.476. The zero-order chi connectivity index (χ0) is 21.3. The first-order chi connectivity index (χ1) is 14.4. The highest BCUT2D eigenvalue weighted by Gasteiger charge is 2.42. The normalized spacial score (nSPS) is 22.7. The van der Waals surface area contributed by atoms with Crippen LogP contribution in [0.25, 0.3) is 5.69 Å². The van der Waals surface area contributed by atoms with Crippen molar-refractivity contribution in [3.63, 3.8) is 0 Å². The Labute approximate surface area is 185 Å². The van der Waals surface area contributed by atoms with Crippen LogP contribution in [0.1, 0.15) is 17.8 Å². The maximum absolute atomic E-state index is 10.4. The van der Waals surface area contributed by atoms with Crippen molar-refractivity contribution in [1.29, 1.82) is 0 Å². The number of hydrogen-bond acceptors (Lipinski definition) is 8. The molecule has 3 aromatic rings. The first kappa shape index (κ1) is 22.9. The Morgan fingerprint density at radius 3 is 2.52 bits per heavy atom. The van der Waals surface area contributed by atoms with E-state index in [-0.39, 0.29) is 24.9 Å². The number of nitrogens with one attached hydrogen (secondary N) is 3. The maximum Gasteiger partial charge on any atom is 0.295 e. The van der Waals surface area contributed by atoms with E-state index in [0.29, 0.717) is 23.9 Å². The molecule has 0 spiro atoms. The Morgan fingerprint density at radius 1 is 1.16 bits per heavy atom. The molecular weight excluding hydrogens is 422 g/mol. The van der Waals surface area contributed by atoms with Gasteiger partial charge >= 0.3 is 0 Å². The Hall–Kier alpha value is -2.79. The monoisotopic (exact) mass is 447 g/mol. The summed E-state index contributed by atoms with van der Waals surface area (Å²) in [6.45, 7) is 3.65. The first-order valence-corrected chi connectivity index (χ1v) is 9.83. The number of pyridine rings is 1.